The largest absolute Gasteiger partial charge is 0.228 e. The van der Waals surface area contributed by atoms with Crippen LogP contribution in [0.5, 0.6) is 0 Å². The summed E-state index contributed by atoms with van der Waals surface area (Å²) < 4.78 is 21.6. The van der Waals surface area contributed by atoms with Gasteiger partial charge in [-0.2, -0.15) is 5.26 Å². The Kier molecular flexibility index (Phi) is 4.55. The van der Waals surface area contributed by atoms with E-state index in [-0.39, 0.29) is 6.42 Å². The van der Waals surface area contributed by atoms with Crippen LogP contribution in [0.4, 0.5) is 0 Å². The van der Waals surface area contributed by atoms with Crippen LogP contribution in [-0.2, 0) is 10.0 Å². The third-order valence-electron chi connectivity index (χ3n) is 1.48. The standard InChI is InChI=1S/C7H12N2O2S/c1-2-3-4-7(5-6-8)12(9,10)11/h2,7H,1,3-5H2,(H2,9,10,11). The second-order valence-corrected chi connectivity index (χ2v) is 4.28. The summed E-state index contributed by atoms with van der Waals surface area (Å²) in [5.41, 5.74) is 0. The van der Waals surface area contributed by atoms with Crippen LogP contribution in [0.15, 0.2) is 12.7 Å². The van der Waals surface area contributed by atoms with Crippen LogP contribution >= 0.6 is 0 Å². The number of allylic oxidation sites excluding steroid dienone is 1. The van der Waals surface area contributed by atoms with Crippen LogP contribution in [0.25, 0.3) is 0 Å². The quantitative estimate of drug-likeness (QED) is 0.638. The van der Waals surface area contributed by atoms with E-state index in [1.807, 2.05) is 0 Å². The summed E-state index contributed by atoms with van der Waals surface area (Å²) in [6, 6.07) is 1.79. The first kappa shape index (κ1) is 11.1. The van der Waals surface area contributed by atoms with E-state index in [1.165, 1.54) is 0 Å². The Bertz CT molecular complexity index is 276. The van der Waals surface area contributed by atoms with Crippen LogP contribution in [0.3, 0.4) is 0 Å². The molecule has 0 heterocycles. The van der Waals surface area contributed by atoms with E-state index in [4.69, 9.17) is 10.4 Å². The normalized spacial score (nSPS) is 13.3. The molecule has 0 saturated heterocycles. The van der Waals surface area contributed by atoms with Gasteiger partial charge in [-0.15, -0.1) is 6.58 Å². The lowest BCUT2D eigenvalue weighted by Gasteiger charge is -2.08. The van der Waals surface area contributed by atoms with Crippen LogP contribution in [0, 0.1) is 11.3 Å². The Morgan fingerprint density at radius 3 is 2.58 bits per heavy atom. The highest BCUT2D eigenvalue weighted by Crippen LogP contribution is 2.09. The SMILES string of the molecule is C=CCCC(CC#N)S(N)(=O)=O. The third-order valence-corrected chi connectivity index (χ3v) is 2.81. The zero-order valence-electron chi connectivity index (χ0n) is 6.73. The van der Waals surface area contributed by atoms with E-state index in [0.29, 0.717) is 12.8 Å². The lowest BCUT2D eigenvalue weighted by Crippen LogP contribution is -2.28. The van der Waals surface area contributed by atoms with E-state index >= 15 is 0 Å². The summed E-state index contributed by atoms with van der Waals surface area (Å²) in [5.74, 6) is 0. The molecule has 5 heteroatoms. The van der Waals surface area contributed by atoms with Crippen molar-refractivity contribution in [2.75, 3.05) is 0 Å². The molecule has 2 N–H and O–H groups in total. The first-order valence-electron chi connectivity index (χ1n) is 3.51. The molecule has 0 aromatic heterocycles. The molecule has 0 radical (unpaired) electrons. The van der Waals surface area contributed by atoms with Gasteiger partial charge < -0.3 is 0 Å². The molecule has 68 valence electrons. The van der Waals surface area contributed by atoms with E-state index < -0.39 is 15.3 Å². The number of nitriles is 1. The smallest absolute Gasteiger partial charge is 0.212 e. The average molecular weight is 188 g/mol. The number of sulfonamides is 1. The zero-order valence-corrected chi connectivity index (χ0v) is 7.55. The van der Waals surface area contributed by atoms with Crippen molar-refractivity contribution in [1.29, 1.82) is 5.26 Å². The van der Waals surface area contributed by atoms with Gasteiger partial charge in [0, 0.05) is 0 Å². The van der Waals surface area contributed by atoms with E-state index in [0.717, 1.165) is 0 Å². The minimum Gasteiger partial charge on any atom is -0.228 e. The second-order valence-electron chi connectivity index (χ2n) is 2.44. The molecule has 0 aliphatic carbocycles. The maximum absolute atomic E-state index is 10.8. The van der Waals surface area contributed by atoms with Crippen LogP contribution < -0.4 is 5.14 Å². The van der Waals surface area contributed by atoms with Gasteiger partial charge in [-0.05, 0) is 12.8 Å². The Morgan fingerprint density at radius 1 is 1.67 bits per heavy atom. The van der Waals surface area contributed by atoms with Gasteiger partial charge in [0.05, 0.1) is 17.7 Å². The summed E-state index contributed by atoms with van der Waals surface area (Å²) in [6.45, 7) is 3.46. The van der Waals surface area contributed by atoms with Crippen LogP contribution in [-0.4, -0.2) is 13.7 Å². The average Bonchev–Trinajstić information content (AvgIpc) is 1.95. The molecule has 12 heavy (non-hydrogen) atoms. The molecule has 4 nitrogen and oxygen atoms in total. The molecule has 0 rings (SSSR count). The number of primary sulfonamides is 1. The predicted molar refractivity (Wildman–Crippen MR) is 46.6 cm³/mol. The van der Waals surface area contributed by atoms with Crippen LogP contribution in [0.2, 0.25) is 0 Å². The van der Waals surface area contributed by atoms with Crippen molar-refractivity contribution in [1.82, 2.24) is 0 Å². The summed E-state index contributed by atoms with van der Waals surface area (Å²) in [6.07, 6.45) is 2.49. The maximum Gasteiger partial charge on any atom is 0.212 e. The number of nitrogens with zero attached hydrogens (tertiary/aromatic N) is 1. The van der Waals surface area contributed by atoms with E-state index in [1.54, 1.807) is 12.1 Å². The van der Waals surface area contributed by atoms with Crippen molar-refractivity contribution >= 4 is 10.0 Å². The molecule has 0 bridgehead atoms. The minimum absolute atomic E-state index is 0.0489. The van der Waals surface area contributed by atoms with Crippen molar-refractivity contribution in [3.05, 3.63) is 12.7 Å². The van der Waals surface area contributed by atoms with Crippen molar-refractivity contribution in [2.24, 2.45) is 5.14 Å². The Labute approximate surface area is 72.7 Å². The monoisotopic (exact) mass is 188 g/mol. The topological polar surface area (TPSA) is 83.9 Å². The van der Waals surface area contributed by atoms with E-state index in [9.17, 15) is 8.42 Å². The van der Waals surface area contributed by atoms with Gasteiger partial charge in [-0.1, -0.05) is 6.08 Å². The van der Waals surface area contributed by atoms with Crippen LogP contribution in [0.1, 0.15) is 19.3 Å². The Morgan fingerprint density at radius 2 is 2.25 bits per heavy atom. The van der Waals surface area contributed by atoms with E-state index in [2.05, 4.69) is 6.58 Å². The number of hydrogen-bond acceptors (Lipinski definition) is 3. The first-order chi connectivity index (χ1) is 5.52. The van der Waals surface area contributed by atoms with Gasteiger partial charge in [0.2, 0.25) is 10.0 Å². The Hall–Kier alpha value is -0.860. The van der Waals surface area contributed by atoms with Gasteiger partial charge in [0.1, 0.15) is 0 Å². The molecule has 0 aromatic rings. The maximum atomic E-state index is 10.8. The first-order valence-corrected chi connectivity index (χ1v) is 5.12. The highest BCUT2D eigenvalue weighted by atomic mass is 32.2. The predicted octanol–water partition coefficient (Wildman–Crippen LogP) is 0.523. The van der Waals surface area contributed by atoms with Crippen molar-refractivity contribution in [2.45, 2.75) is 24.5 Å². The fraction of sp³-hybridized carbons (Fsp3) is 0.571. The summed E-state index contributed by atoms with van der Waals surface area (Å²) in [4.78, 5) is 0. The number of nitrogens with two attached hydrogens (primary N) is 1. The molecule has 0 amide bonds. The molecular formula is C7H12N2O2S. The fourth-order valence-electron chi connectivity index (χ4n) is 0.788. The molecule has 1 atom stereocenters. The minimum atomic E-state index is -3.57. The fourth-order valence-corrected chi connectivity index (χ4v) is 1.56. The van der Waals surface area contributed by atoms with Gasteiger partial charge in [0.15, 0.2) is 0 Å². The molecular weight excluding hydrogens is 176 g/mol. The highest BCUT2D eigenvalue weighted by Gasteiger charge is 2.19. The van der Waals surface area contributed by atoms with Crippen molar-refractivity contribution < 1.29 is 8.42 Å². The molecule has 0 aromatic carbocycles. The lowest BCUT2D eigenvalue weighted by atomic mass is 10.2. The highest BCUT2D eigenvalue weighted by molar-refractivity contribution is 7.89. The number of hydrogen-bond donors (Lipinski definition) is 1. The van der Waals surface area contributed by atoms with Gasteiger partial charge in [-0.3, -0.25) is 0 Å². The third kappa shape index (κ3) is 4.11. The molecule has 0 spiro atoms. The molecule has 0 aliphatic rings. The zero-order chi connectivity index (χ0) is 9.61. The van der Waals surface area contributed by atoms with Crippen molar-refractivity contribution in [3.63, 3.8) is 0 Å². The number of rotatable bonds is 5. The molecule has 0 aliphatic heterocycles. The summed E-state index contributed by atoms with van der Waals surface area (Å²) in [7, 11) is -3.57. The second kappa shape index (κ2) is 4.91. The van der Waals surface area contributed by atoms with Gasteiger partial charge in [0.25, 0.3) is 0 Å². The van der Waals surface area contributed by atoms with Gasteiger partial charge in [-0.25, -0.2) is 13.6 Å². The summed E-state index contributed by atoms with van der Waals surface area (Å²) >= 11 is 0. The molecule has 0 fully saturated rings. The lowest BCUT2D eigenvalue weighted by molar-refractivity contribution is 0.574. The molecule has 0 saturated carbocycles. The molecule has 1 unspecified atom stereocenters. The Balaban J connectivity index is 4.26. The van der Waals surface area contributed by atoms with Crippen molar-refractivity contribution in [3.8, 4) is 6.07 Å². The van der Waals surface area contributed by atoms with Gasteiger partial charge >= 0.3 is 0 Å². The summed E-state index contributed by atoms with van der Waals surface area (Å²) in [5, 5.41) is 12.4.